The molecule has 0 aliphatic heterocycles. The number of carbonyl (C=O) groups is 1. The molecule has 3 N–H and O–H groups in total. The van der Waals surface area contributed by atoms with E-state index >= 15 is 0 Å². The van der Waals surface area contributed by atoms with Crippen LogP contribution in [0.2, 0.25) is 5.02 Å². The zero-order chi connectivity index (χ0) is 16.0. The lowest BCUT2D eigenvalue weighted by Gasteiger charge is -2.13. The molecule has 1 aromatic rings. The van der Waals surface area contributed by atoms with Crippen LogP contribution in [0.1, 0.15) is 31.7 Å². The number of rotatable bonds is 6. The molecule has 0 aliphatic carbocycles. The maximum Gasteiger partial charge on any atom is 0.416 e. The molecule has 0 fully saturated rings. The van der Waals surface area contributed by atoms with Crippen LogP contribution in [0, 0.1) is 5.92 Å². The molecule has 0 heterocycles. The number of halogens is 4. The minimum Gasteiger partial charge on any atom is -0.330 e. The number of hydrogen-bond acceptors (Lipinski definition) is 2. The summed E-state index contributed by atoms with van der Waals surface area (Å²) < 4.78 is 37.8. The Morgan fingerprint density at radius 1 is 1.38 bits per heavy atom. The van der Waals surface area contributed by atoms with Gasteiger partial charge >= 0.3 is 6.18 Å². The van der Waals surface area contributed by atoms with Crippen LogP contribution >= 0.6 is 11.6 Å². The molecule has 0 bridgehead atoms. The van der Waals surface area contributed by atoms with Gasteiger partial charge in [0, 0.05) is 6.42 Å². The second kappa shape index (κ2) is 7.66. The monoisotopic (exact) mass is 322 g/mol. The number of anilines is 1. The molecule has 7 heteroatoms. The van der Waals surface area contributed by atoms with Gasteiger partial charge < -0.3 is 11.1 Å². The minimum absolute atomic E-state index is 0.0250. The SMILES string of the molecule is CC(CCN)CCC(=O)Nc1cc(C(F)(F)F)ccc1Cl. The van der Waals surface area contributed by atoms with Crippen LogP contribution in [-0.4, -0.2) is 12.5 Å². The van der Waals surface area contributed by atoms with E-state index in [1.54, 1.807) is 0 Å². The predicted molar refractivity (Wildman–Crippen MR) is 77.2 cm³/mol. The van der Waals surface area contributed by atoms with Gasteiger partial charge in [-0.3, -0.25) is 4.79 Å². The summed E-state index contributed by atoms with van der Waals surface area (Å²) in [6.45, 7) is 2.51. The highest BCUT2D eigenvalue weighted by Gasteiger charge is 2.31. The van der Waals surface area contributed by atoms with Crippen LogP contribution in [0.25, 0.3) is 0 Å². The van der Waals surface area contributed by atoms with Crippen molar-refractivity contribution in [1.82, 2.24) is 0 Å². The van der Waals surface area contributed by atoms with Crippen molar-refractivity contribution in [3.63, 3.8) is 0 Å². The molecule has 1 aromatic carbocycles. The van der Waals surface area contributed by atoms with E-state index in [0.717, 1.165) is 24.6 Å². The van der Waals surface area contributed by atoms with Crippen molar-refractivity contribution < 1.29 is 18.0 Å². The summed E-state index contributed by atoms with van der Waals surface area (Å²) in [5.74, 6) is -0.0715. The normalized spacial score (nSPS) is 13.0. The first-order valence-electron chi connectivity index (χ1n) is 6.60. The fourth-order valence-corrected chi connectivity index (χ4v) is 1.98. The molecule has 0 aromatic heterocycles. The standard InChI is InChI=1S/C14H18ClF3N2O/c1-9(6-7-19)2-5-13(21)20-12-8-10(14(16,17)18)3-4-11(12)15/h3-4,8-9H,2,5-7,19H2,1H3,(H,20,21). The Bertz CT molecular complexity index is 492. The van der Waals surface area contributed by atoms with Gasteiger partial charge in [-0.25, -0.2) is 0 Å². The van der Waals surface area contributed by atoms with Crippen molar-refractivity contribution in [3.05, 3.63) is 28.8 Å². The van der Waals surface area contributed by atoms with E-state index in [4.69, 9.17) is 17.3 Å². The lowest BCUT2D eigenvalue weighted by atomic mass is 10.0. The van der Waals surface area contributed by atoms with Crippen molar-refractivity contribution in [2.45, 2.75) is 32.4 Å². The molecule has 21 heavy (non-hydrogen) atoms. The van der Waals surface area contributed by atoms with Crippen LogP contribution in [0.5, 0.6) is 0 Å². The number of amides is 1. The Kier molecular flexibility index (Phi) is 6.48. The van der Waals surface area contributed by atoms with Crippen LogP contribution in [-0.2, 0) is 11.0 Å². The Labute approximate surface area is 126 Å². The predicted octanol–water partition coefficient (Wildman–Crippen LogP) is 4.06. The Morgan fingerprint density at radius 2 is 2.05 bits per heavy atom. The summed E-state index contributed by atoms with van der Waals surface area (Å²) in [5.41, 5.74) is 4.54. The van der Waals surface area contributed by atoms with Crippen molar-refractivity contribution in [3.8, 4) is 0 Å². The molecule has 1 amide bonds. The second-order valence-corrected chi connectivity index (χ2v) is 5.37. The Balaban J connectivity index is 2.67. The van der Waals surface area contributed by atoms with Crippen LogP contribution in [0.15, 0.2) is 18.2 Å². The fourth-order valence-electron chi connectivity index (χ4n) is 1.82. The van der Waals surface area contributed by atoms with Gasteiger partial charge in [0.25, 0.3) is 0 Å². The van der Waals surface area contributed by atoms with Crippen LogP contribution in [0.4, 0.5) is 18.9 Å². The zero-order valence-corrected chi connectivity index (χ0v) is 12.4. The third kappa shape index (κ3) is 5.93. The maximum atomic E-state index is 12.6. The largest absolute Gasteiger partial charge is 0.416 e. The van der Waals surface area contributed by atoms with E-state index in [-0.39, 0.29) is 29.0 Å². The fraction of sp³-hybridized carbons (Fsp3) is 0.500. The number of carbonyl (C=O) groups excluding carboxylic acids is 1. The number of hydrogen-bond donors (Lipinski definition) is 2. The van der Waals surface area contributed by atoms with Gasteiger partial charge in [-0.15, -0.1) is 0 Å². The zero-order valence-electron chi connectivity index (χ0n) is 11.6. The molecule has 3 nitrogen and oxygen atoms in total. The smallest absolute Gasteiger partial charge is 0.330 e. The van der Waals surface area contributed by atoms with E-state index in [9.17, 15) is 18.0 Å². The molecule has 1 rings (SSSR count). The Hall–Kier alpha value is -1.27. The Morgan fingerprint density at radius 3 is 2.62 bits per heavy atom. The van der Waals surface area contributed by atoms with Crippen molar-refractivity contribution in [1.29, 1.82) is 0 Å². The van der Waals surface area contributed by atoms with Gasteiger partial charge in [0.1, 0.15) is 0 Å². The molecular formula is C14H18ClF3N2O. The lowest BCUT2D eigenvalue weighted by molar-refractivity contribution is -0.137. The molecule has 0 saturated heterocycles. The quantitative estimate of drug-likeness (QED) is 0.829. The topological polar surface area (TPSA) is 55.1 Å². The average molecular weight is 323 g/mol. The summed E-state index contributed by atoms with van der Waals surface area (Å²) in [4.78, 5) is 11.8. The average Bonchev–Trinajstić information content (AvgIpc) is 2.38. The van der Waals surface area contributed by atoms with Gasteiger partial charge in [-0.2, -0.15) is 13.2 Å². The molecule has 0 spiro atoms. The highest BCUT2D eigenvalue weighted by atomic mass is 35.5. The molecule has 118 valence electrons. The van der Waals surface area contributed by atoms with Gasteiger partial charge in [0.05, 0.1) is 16.3 Å². The van der Waals surface area contributed by atoms with Crippen molar-refractivity contribution in [2.24, 2.45) is 11.7 Å². The number of nitrogens with one attached hydrogen (secondary N) is 1. The first kappa shape index (κ1) is 17.8. The van der Waals surface area contributed by atoms with Gasteiger partial charge in [-0.1, -0.05) is 18.5 Å². The number of alkyl halides is 3. The minimum atomic E-state index is -4.47. The van der Waals surface area contributed by atoms with E-state index in [0.29, 0.717) is 13.0 Å². The first-order valence-corrected chi connectivity index (χ1v) is 6.98. The van der Waals surface area contributed by atoms with Gasteiger partial charge in [-0.05, 0) is 43.5 Å². The summed E-state index contributed by atoms with van der Waals surface area (Å²) >= 11 is 5.80. The van der Waals surface area contributed by atoms with Crippen molar-refractivity contribution in [2.75, 3.05) is 11.9 Å². The third-order valence-corrected chi connectivity index (χ3v) is 3.42. The molecule has 1 atom stereocenters. The number of nitrogens with two attached hydrogens (primary N) is 1. The van der Waals surface area contributed by atoms with Crippen molar-refractivity contribution >= 4 is 23.2 Å². The highest BCUT2D eigenvalue weighted by molar-refractivity contribution is 6.33. The summed E-state index contributed by atoms with van der Waals surface area (Å²) in [6.07, 6.45) is -2.83. The van der Waals surface area contributed by atoms with E-state index in [2.05, 4.69) is 5.32 Å². The second-order valence-electron chi connectivity index (χ2n) is 4.96. The lowest BCUT2D eigenvalue weighted by Crippen LogP contribution is -2.15. The van der Waals surface area contributed by atoms with E-state index in [1.165, 1.54) is 0 Å². The molecule has 0 radical (unpaired) electrons. The first-order chi connectivity index (χ1) is 9.74. The van der Waals surface area contributed by atoms with E-state index < -0.39 is 11.7 Å². The van der Waals surface area contributed by atoms with Crippen LogP contribution in [0.3, 0.4) is 0 Å². The van der Waals surface area contributed by atoms with Gasteiger partial charge in [0.2, 0.25) is 5.91 Å². The highest BCUT2D eigenvalue weighted by Crippen LogP contribution is 2.33. The molecule has 0 saturated carbocycles. The number of benzene rings is 1. The third-order valence-electron chi connectivity index (χ3n) is 3.09. The van der Waals surface area contributed by atoms with Crippen LogP contribution < -0.4 is 11.1 Å². The maximum absolute atomic E-state index is 12.6. The van der Waals surface area contributed by atoms with Gasteiger partial charge in [0.15, 0.2) is 0 Å². The molecular weight excluding hydrogens is 305 g/mol. The summed E-state index contributed by atoms with van der Waals surface area (Å²) in [5, 5.41) is 2.49. The molecule has 1 unspecified atom stereocenters. The summed E-state index contributed by atoms with van der Waals surface area (Å²) in [7, 11) is 0. The van der Waals surface area contributed by atoms with E-state index in [1.807, 2.05) is 6.92 Å². The summed E-state index contributed by atoms with van der Waals surface area (Å²) in [6, 6.07) is 2.84. The molecule has 0 aliphatic rings.